The minimum absolute atomic E-state index is 0.561. The van der Waals surface area contributed by atoms with Gasteiger partial charge in [0, 0.05) is 19.5 Å². The summed E-state index contributed by atoms with van der Waals surface area (Å²) in [7, 11) is 0.580. The van der Waals surface area contributed by atoms with E-state index in [-0.39, 0.29) is 0 Å². The predicted molar refractivity (Wildman–Crippen MR) is 58.6 cm³/mol. The first-order valence-corrected chi connectivity index (χ1v) is 8.34. The van der Waals surface area contributed by atoms with Gasteiger partial charge < -0.3 is 9.69 Å². The van der Waals surface area contributed by atoms with Crippen LogP contribution in [0.25, 0.3) is 0 Å². The van der Waals surface area contributed by atoms with Crippen molar-refractivity contribution in [3.8, 4) is 0 Å². The fourth-order valence-corrected chi connectivity index (χ4v) is 5.19. The van der Waals surface area contributed by atoms with E-state index in [1.165, 1.54) is 0 Å². The van der Waals surface area contributed by atoms with Crippen molar-refractivity contribution in [2.24, 2.45) is 5.92 Å². The van der Waals surface area contributed by atoms with Gasteiger partial charge >= 0.3 is 0 Å². The molecule has 0 spiro atoms. The average Bonchev–Trinajstić information content (AvgIpc) is 1.97. The molecule has 1 atom stereocenters. The molecule has 0 aromatic carbocycles. The van der Waals surface area contributed by atoms with Crippen molar-refractivity contribution in [3.05, 3.63) is 0 Å². The van der Waals surface area contributed by atoms with Crippen LogP contribution in [0.4, 0.5) is 0 Å². The highest BCUT2D eigenvalue weighted by Gasteiger charge is 2.33. The van der Waals surface area contributed by atoms with Crippen molar-refractivity contribution in [1.82, 2.24) is 4.90 Å². The molecule has 76 valence electrons. The smallest absolute Gasteiger partial charge is 0.127 e. The van der Waals surface area contributed by atoms with E-state index < -0.39 is 8.07 Å². The Morgan fingerprint density at radius 2 is 2.08 bits per heavy atom. The van der Waals surface area contributed by atoms with Gasteiger partial charge in [-0.1, -0.05) is 20.0 Å². The predicted octanol–water partition coefficient (Wildman–Crippen LogP) is 1.77. The monoisotopic (exact) mass is 199 g/mol. The molecule has 0 radical (unpaired) electrons. The van der Waals surface area contributed by atoms with Crippen molar-refractivity contribution in [2.75, 3.05) is 20.1 Å². The summed E-state index contributed by atoms with van der Waals surface area (Å²) in [5.74, 6) is 0.691. The molecule has 0 amide bonds. The Morgan fingerprint density at radius 3 is 2.69 bits per heavy atom. The van der Waals surface area contributed by atoms with Gasteiger partial charge in [0.1, 0.15) is 13.5 Å². The average molecular weight is 199 g/mol. The molecule has 3 heteroatoms. The highest BCUT2D eigenvalue weighted by atomic mass is 28.3. The van der Waals surface area contributed by atoms with Crippen molar-refractivity contribution < 1.29 is 4.79 Å². The maximum absolute atomic E-state index is 11.8. The minimum Gasteiger partial charge on any atom is -0.306 e. The normalized spacial score (nSPS) is 31.1. The minimum atomic E-state index is -1.53. The molecular weight excluding hydrogens is 178 g/mol. The lowest BCUT2D eigenvalue weighted by Crippen LogP contribution is -2.44. The summed E-state index contributed by atoms with van der Waals surface area (Å²) in [5.41, 5.74) is 0. The SMILES string of the molecule is CC1CN(C)CCC(=O)[Si](C)(C)C1. The van der Waals surface area contributed by atoms with Crippen molar-refractivity contribution in [3.63, 3.8) is 0 Å². The summed E-state index contributed by atoms with van der Waals surface area (Å²) < 4.78 is 0. The van der Waals surface area contributed by atoms with Crippen LogP contribution in [0.3, 0.4) is 0 Å². The third-order valence-electron chi connectivity index (χ3n) is 2.96. The molecule has 1 saturated heterocycles. The molecule has 2 nitrogen and oxygen atoms in total. The first-order chi connectivity index (χ1) is 5.92. The van der Waals surface area contributed by atoms with E-state index in [4.69, 9.17) is 0 Å². The lowest BCUT2D eigenvalue weighted by atomic mass is 10.2. The largest absolute Gasteiger partial charge is 0.306 e. The van der Waals surface area contributed by atoms with Crippen molar-refractivity contribution in [2.45, 2.75) is 32.5 Å². The Kier molecular flexibility index (Phi) is 3.30. The van der Waals surface area contributed by atoms with Crippen LogP contribution in [0.2, 0.25) is 19.1 Å². The third kappa shape index (κ3) is 2.92. The number of hydrogen-bond acceptors (Lipinski definition) is 2. The Morgan fingerprint density at radius 1 is 1.46 bits per heavy atom. The van der Waals surface area contributed by atoms with Crippen LogP contribution >= 0.6 is 0 Å². The van der Waals surface area contributed by atoms with Gasteiger partial charge in [0.2, 0.25) is 0 Å². The van der Waals surface area contributed by atoms with Crippen molar-refractivity contribution in [1.29, 1.82) is 0 Å². The number of rotatable bonds is 0. The molecule has 1 aliphatic heterocycles. The lowest BCUT2D eigenvalue weighted by Gasteiger charge is -2.31. The van der Waals surface area contributed by atoms with Gasteiger partial charge in [0.25, 0.3) is 0 Å². The van der Waals surface area contributed by atoms with E-state index in [0.717, 1.165) is 25.6 Å². The zero-order valence-corrected chi connectivity index (χ0v) is 10.3. The molecular formula is C10H21NOSi. The summed E-state index contributed by atoms with van der Waals surface area (Å²) in [6, 6.07) is 1.16. The molecule has 0 N–H and O–H groups in total. The number of nitrogens with zero attached hydrogens (tertiary/aromatic N) is 1. The lowest BCUT2D eigenvalue weighted by molar-refractivity contribution is -0.113. The van der Waals surface area contributed by atoms with E-state index in [9.17, 15) is 4.79 Å². The molecule has 0 saturated carbocycles. The van der Waals surface area contributed by atoms with Gasteiger partial charge in [-0.05, 0) is 19.0 Å². The van der Waals surface area contributed by atoms with E-state index >= 15 is 0 Å². The molecule has 0 aliphatic carbocycles. The highest BCUT2D eigenvalue weighted by molar-refractivity contribution is 7.04. The quantitative estimate of drug-likeness (QED) is 0.554. The second-order valence-electron chi connectivity index (χ2n) is 5.13. The molecule has 0 bridgehead atoms. The van der Waals surface area contributed by atoms with Gasteiger partial charge in [-0.2, -0.15) is 0 Å². The van der Waals surface area contributed by atoms with Crippen LogP contribution < -0.4 is 0 Å². The zero-order valence-electron chi connectivity index (χ0n) is 9.26. The Labute approximate surface area is 82.3 Å². The molecule has 1 rings (SSSR count). The van der Waals surface area contributed by atoms with Crippen LogP contribution in [-0.4, -0.2) is 38.5 Å². The van der Waals surface area contributed by atoms with E-state index in [2.05, 4.69) is 32.0 Å². The molecule has 13 heavy (non-hydrogen) atoms. The van der Waals surface area contributed by atoms with Crippen LogP contribution in [0.15, 0.2) is 0 Å². The van der Waals surface area contributed by atoms with E-state index in [0.29, 0.717) is 11.3 Å². The number of hydrogen-bond donors (Lipinski definition) is 0. The molecule has 1 heterocycles. The standard InChI is InChI=1S/C10H21NOSi/c1-9-7-11(2)6-5-10(12)13(3,4)8-9/h9H,5-8H2,1-4H3. The second-order valence-corrected chi connectivity index (χ2v) is 9.86. The molecule has 0 aromatic rings. The fourth-order valence-electron chi connectivity index (χ4n) is 2.30. The van der Waals surface area contributed by atoms with Crippen LogP contribution in [0, 0.1) is 5.92 Å². The first-order valence-electron chi connectivity index (χ1n) is 5.13. The van der Waals surface area contributed by atoms with Gasteiger partial charge in [-0.15, -0.1) is 0 Å². The van der Waals surface area contributed by atoms with Crippen LogP contribution in [0.5, 0.6) is 0 Å². The van der Waals surface area contributed by atoms with Gasteiger partial charge in [0.05, 0.1) is 0 Å². The molecule has 1 fully saturated rings. The van der Waals surface area contributed by atoms with Crippen molar-refractivity contribution >= 4 is 13.5 Å². The van der Waals surface area contributed by atoms with E-state index in [1.54, 1.807) is 0 Å². The third-order valence-corrected chi connectivity index (χ3v) is 6.43. The van der Waals surface area contributed by atoms with Crippen LogP contribution in [-0.2, 0) is 4.79 Å². The summed E-state index contributed by atoms with van der Waals surface area (Å²) in [6.07, 6.45) is 0.780. The second kappa shape index (κ2) is 3.92. The molecule has 1 aliphatic rings. The van der Waals surface area contributed by atoms with Crippen LogP contribution in [0.1, 0.15) is 13.3 Å². The summed E-state index contributed by atoms with van der Waals surface area (Å²) >= 11 is 0. The van der Waals surface area contributed by atoms with Gasteiger partial charge in [0.15, 0.2) is 0 Å². The summed E-state index contributed by atoms with van der Waals surface area (Å²) in [5, 5.41) is 0.561. The molecule has 0 aromatic heterocycles. The fraction of sp³-hybridized carbons (Fsp3) is 0.900. The van der Waals surface area contributed by atoms with Gasteiger partial charge in [-0.3, -0.25) is 0 Å². The summed E-state index contributed by atoms with van der Waals surface area (Å²) in [4.78, 5) is 14.1. The summed E-state index contributed by atoms with van der Waals surface area (Å²) in [6.45, 7) is 8.82. The van der Waals surface area contributed by atoms with E-state index in [1.807, 2.05) is 0 Å². The Bertz CT molecular complexity index is 203. The Hall–Kier alpha value is -0.153. The highest BCUT2D eigenvalue weighted by Crippen LogP contribution is 2.22. The zero-order chi connectivity index (χ0) is 10.1. The molecule has 1 unspecified atom stereocenters. The number of carbonyl (C=O) groups excluding carboxylic acids is 1. The first kappa shape index (κ1) is 10.9. The van der Waals surface area contributed by atoms with Gasteiger partial charge in [-0.25, -0.2) is 0 Å². The topological polar surface area (TPSA) is 20.3 Å². The maximum atomic E-state index is 11.8. The maximum Gasteiger partial charge on any atom is 0.127 e. The number of carbonyl (C=O) groups is 1. The Balaban J connectivity index is 2.68.